The molecule has 0 amide bonds. The maximum absolute atomic E-state index is 4.36. The van der Waals surface area contributed by atoms with E-state index >= 15 is 0 Å². The molecule has 0 saturated carbocycles. The van der Waals surface area contributed by atoms with Crippen LogP contribution >= 0.6 is 15.9 Å². The van der Waals surface area contributed by atoms with Gasteiger partial charge in [-0.3, -0.25) is 4.68 Å². The first-order chi connectivity index (χ1) is 8.15. The van der Waals surface area contributed by atoms with Gasteiger partial charge in [0.05, 0.1) is 24.1 Å². The first-order valence-electron chi connectivity index (χ1n) is 5.54. The summed E-state index contributed by atoms with van der Waals surface area (Å²) in [5, 5.41) is 7.57. The van der Waals surface area contributed by atoms with Crippen molar-refractivity contribution in [3.63, 3.8) is 0 Å². The van der Waals surface area contributed by atoms with E-state index in [1.165, 1.54) is 0 Å². The quantitative estimate of drug-likeness (QED) is 0.881. The van der Waals surface area contributed by atoms with E-state index in [2.05, 4.69) is 45.2 Å². The fourth-order valence-corrected chi connectivity index (χ4v) is 1.83. The van der Waals surface area contributed by atoms with E-state index in [0.29, 0.717) is 12.6 Å². The summed E-state index contributed by atoms with van der Waals surface area (Å²) in [6.07, 6.45) is 3.83. The van der Waals surface area contributed by atoms with Crippen molar-refractivity contribution in [1.82, 2.24) is 14.8 Å². The van der Waals surface area contributed by atoms with Gasteiger partial charge in [0.2, 0.25) is 0 Å². The molecule has 17 heavy (non-hydrogen) atoms. The Morgan fingerprint density at radius 1 is 1.41 bits per heavy atom. The van der Waals surface area contributed by atoms with Crippen LogP contribution in [0.2, 0.25) is 0 Å². The Balaban J connectivity index is 1.97. The Bertz CT molecular complexity index is 493. The van der Waals surface area contributed by atoms with E-state index in [9.17, 15) is 0 Å². The monoisotopic (exact) mass is 294 g/mol. The van der Waals surface area contributed by atoms with E-state index < -0.39 is 0 Å². The molecule has 0 spiro atoms. The van der Waals surface area contributed by atoms with Crippen LogP contribution in [-0.4, -0.2) is 14.8 Å². The van der Waals surface area contributed by atoms with Crippen LogP contribution in [0.15, 0.2) is 35.2 Å². The molecule has 0 unspecified atom stereocenters. The van der Waals surface area contributed by atoms with Gasteiger partial charge in [-0.1, -0.05) is 6.07 Å². The molecule has 1 N–H and O–H groups in total. The number of aromatic nitrogens is 3. The molecule has 5 heteroatoms. The zero-order valence-corrected chi connectivity index (χ0v) is 11.5. The second-order valence-electron chi connectivity index (χ2n) is 4.11. The predicted molar refractivity (Wildman–Crippen MR) is 71.9 cm³/mol. The highest BCUT2D eigenvalue weighted by Gasteiger charge is 2.01. The van der Waals surface area contributed by atoms with Crippen LogP contribution < -0.4 is 5.32 Å². The summed E-state index contributed by atoms with van der Waals surface area (Å²) in [7, 11) is 0. The molecular formula is C12H15BrN4. The maximum Gasteiger partial charge on any atom is 0.106 e. The van der Waals surface area contributed by atoms with Crippen LogP contribution in [0.25, 0.3) is 0 Å². The maximum atomic E-state index is 4.36. The number of anilines is 1. The normalized spacial score (nSPS) is 10.8. The Morgan fingerprint density at radius 3 is 2.88 bits per heavy atom. The summed E-state index contributed by atoms with van der Waals surface area (Å²) in [4.78, 5) is 4.36. The molecule has 0 fully saturated rings. The molecule has 2 heterocycles. The minimum atomic E-state index is 0.384. The van der Waals surface area contributed by atoms with Crippen molar-refractivity contribution in [2.75, 3.05) is 5.32 Å². The van der Waals surface area contributed by atoms with Crippen LogP contribution in [0.4, 0.5) is 5.69 Å². The molecule has 90 valence electrons. The summed E-state index contributed by atoms with van der Waals surface area (Å²) in [6.45, 7) is 4.91. The molecule has 2 rings (SSSR count). The predicted octanol–water partition coefficient (Wildman–Crippen LogP) is 3.23. The summed E-state index contributed by atoms with van der Waals surface area (Å²) in [6, 6.07) is 6.27. The Labute approximate surface area is 109 Å². The summed E-state index contributed by atoms with van der Waals surface area (Å²) < 4.78 is 2.78. The Hall–Kier alpha value is -1.36. The van der Waals surface area contributed by atoms with Gasteiger partial charge < -0.3 is 5.32 Å². The largest absolute Gasteiger partial charge is 0.377 e. The van der Waals surface area contributed by atoms with Crippen molar-refractivity contribution in [3.05, 3.63) is 40.9 Å². The van der Waals surface area contributed by atoms with E-state index in [1.54, 1.807) is 0 Å². The SMILES string of the molecule is CC(C)n1cc(NCc2cccc(Br)n2)cn1. The molecule has 2 aromatic rings. The Kier molecular flexibility index (Phi) is 3.78. The molecule has 0 aromatic carbocycles. The second kappa shape index (κ2) is 5.31. The van der Waals surface area contributed by atoms with E-state index in [1.807, 2.05) is 35.3 Å². The van der Waals surface area contributed by atoms with Crippen molar-refractivity contribution in [2.24, 2.45) is 0 Å². The number of nitrogens with one attached hydrogen (secondary N) is 1. The third-order valence-electron chi connectivity index (χ3n) is 2.38. The third-order valence-corrected chi connectivity index (χ3v) is 2.82. The number of nitrogens with zero attached hydrogens (tertiary/aromatic N) is 3. The lowest BCUT2D eigenvalue weighted by Gasteiger charge is -2.04. The summed E-state index contributed by atoms with van der Waals surface area (Å²) in [5.74, 6) is 0. The zero-order valence-electron chi connectivity index (χ0n) is 9.89. The van der Waals surface area contributed by atoms with Crippen LogP contribution in [0.5, 0.6) is 0 Å². The number of rotatable bonds is 4. The fourth-order valence-electron chi connectivity index (χ4n) is 1.45. The van der Waals surface area contributed by atoms with E-state index in [0.717, 1.165) is 16.0 Å². The molecule has 0 aliphatic heterocycles. The van der Waals surface area contributed by atoms with Crippen molar-refractivity contribution in [2.45, 2.75) is 26.4 Å². The molecule has 0 radical (unpaired) electrons. The van der Waals surface area contributed by atoms with Gasteiger partial charge in [-0.15, -0.1) is 0 Å². The minimum absolute atomic E-state index is 0.384. The van der Waals surface area contributed by atoms with Gasteiger partial charge in [0.15, 0.2) is 0 Å². The highest BCUT2D eigenvalue weighted by molar-refractivity contribution is 9.10. The van der Waals surface area contributed by atoms with Gasteiger partial charge in [-0.2, -0.15) is 5.10 Å². The number of hydrogen-bond donors (Lipinski definition) is 1. The zero-order chi connectivity index (χ0) is 12.3. The fraction of sp³-hybridized carbons (Fsp3) is 0.333. The van der Waals surface area contributed by atoms with Gasteiger partial charge in [0.1, 0.15) is 4.60 Å². The molecule has 0 atom stereocenters. The minimum Gasteiger partial charge on any atom is -0.377 e. The number of hydrogen-bond acceptors (Lipinski definition) is 3. The topological polar surface area (TPSA) is 42.7 Å². The molecule has 4 nitrogen and oxygen atoms in total. The molecule has 0 bridgehead atoms. The lowest BCUT2D eigenvalue weighted by molar-refractivity contribution is 0.532. The van der Waals surface area contributed by atoms with Gasteiger partial charge in [-0.25, -0.2) is 4.98 Å². The number of pyridine rings is 1. The van der Waals surface area contributed by atoms with Crippen molar-refractivity contribution in [1.29, 1.82) is 0 Å². The lowest BCUT2D eigenvalue weighted by atomic mass is 10.3. The van der Waals surface area contributed by atoms with Crippen LogP contribution in [-0.2, 0) is 6.54 Å². The van der Waals surface area contributed by atoms with Crippen molar-refractivity contribution < 1.29 is 0 Å². The average molecular weight is 295 g/mol. The summed E-state index contributed by atoms with van der Waals surface area (Å²) in [5.41, 5.74) is 2.01. The molecular weight excluding hydrogens is 280 g/mol. The van der Waals surface area contributed by atoms with Crippen LogP contribution in [0, 0.1) is 0 Å². The van der Waals surface area contributed by atoms with Gasteiger partial charge >= 0.3 is 0 Å². The number of halogens is 1. The lowest BCUT2D eigenvalue weighted by Crippen LogP contribution is -2.02. The standard InChI is InChI=1S/C12H15BrN4/c1-9(2)17-8-11(7-15-17)14-6-10-4-3-5-12(13)16-10/h3-5,7-9,14H,6H2,1-2H3. The van der Waals surface area contributed by atoms with Crippen molar-refractivity contribution in [3.8, 4) is 0 Å². The van der Waals surface area contributed by atoms with Gasteiger partial charge in [-0.05, 0) is 41.9 Å². The van der Waals surface area contributed by atoms with Gasteiger partial charge in [0, 0.05) is 12.2 Å². The van der Waals surface area contributed by atoms with Crippen molar-refractivity contribution >= 4 is 21.6 Å². The highest BCUT2D eigenvalue weighted by atomic mass is 79.9. The van der Waals surface area contributed by atoms with Gasteiger partial charge in [0.25, 0.3) is 0 Å². The third kappa shape index (κ3) is 3.30. The van der Waals surface area contributed by atoms with E-state index in [-0.39, 0.29) is 0 Å². The first-order valence-corrected chi connectivity index (χ1v) is 6.34. The average Bonchev–Trinajstić information content (AvgIpc) is 2.75. The van der Waals surface area contributed by atoms with Crippen LogP contribution in [0.3, 0.4) is 0 Å². The Morgan fingerprint density at radius 2 is 2.24 bits per heavy atom. The highest BCUT2D eigenvalue weighted by Crippen LogP contribution is 2.12. The van der Waals surface area contributed by atoms with E-state index in [4.69, 9.17) is 0 Å². The molecule has 0 saturated heterocycles. The second-order valence-corrected chi connectivity index (χ2v) is 4.92. The van der Waals surface area contributed by atoms with Crippen LogP contribution in [0.1, 0.15) is 25.6 Å². The summed E-state index contributed by atoms with van der Waals surface area (Å²) >= 11 is 3.36. The molecule has 0 aliphatic carbocycles. The first kappa shape index (κ1) is 12.1. The smallest absolute Gasteiger partial charge is 0.106 e. The molecule has 2 aromatic heterocycles. The molecule has 0 aliphatic rings.